The molecule has 26 heavy (non-hydrogen) atoms. The van der Waals surface area contributed by atoms with Gasteiger partial charge in [0.15, 0.2) is 0 Å². The van der Waals surface area contributed by atoms with Crippen LogP contribution in [-0.4, -0.2) is 26.7 Å². The smallest absolute Gasteiger partial charge is 0.0498 e. The summed E-state index contributed by atoms with van der Waals surface area (Å²) in [6.07, 6.45) is 0. The molecule has 0 aromatic heterocycles. The summed E-state index contributed by atoms with van der Waals surface area (Å²) in [5, 5.41) is 4.21. The van der Waals surface area contributed by atoms with Gasteiger partial charge in [0, 0.05) is 50.8 Å². The Kier molecular flexibility index (Phi) is 15.3. The van der Waals surface area contributed by atoms with Crippen molar-refractivity contribution in [2.75, 3.05) is 26.7 Å². The van der Waals surface area contributed by atoms with Gasteiger partial charge in [-0.25, -0.2) is 0 Å². The van der Waals surface area contributed by atoms with Crippen LogP contribution in [0.3, 0.4) is 0 Å². The van der Waals surface area contributed by atoms with Crippen LogP contribution in [0.25, 0.3) is 0 Å². The van der Waals surface area contributed by atoms with Crippen molar-refractivity contribution in [3.05, 3.63) is 33.9 Å². The molecule has 0 spiro atoms. The van der Waals surface area contributed by atoms with Crippen LogP contribution in [0.4, 0.5) is 0 Å². The van der Waals surface area contributed by atoms with E-state index in [4.69, 9.17) is 0 Å². The lowest BCUT2D eigenvalue weighted by Gasteiger charge is -2.30. The van der Waals surface area contributed by atoms with Gasteiger partial charge in [-0.05, 0) is 27.8 Å². The minimum absolute atomic E-state index is 0.203. The predicted octanol–water partition coefficient (Wildman–Crippen LogP) is 10.8. The lowest BCUT2D eigenvalue weighted by molar-refractivity contribution is 0.921. The molecular formula is C16H16Br10. The Balaban J connectivity index is 4.01. The first-order chi connectivity index (χ1) is 12.3. The van der Waals surface area contributed by atoms with Crippen LogP contribution in [0.1, 0.15) is 52.0 Å². The Labute approximate surface area is 240 Å². The molecule has 5 unspecified atom stereocenters. The molecular weight excluding hydrogens is 991 g/mol. The zero-order chi connectivity index (χ0) is 20.0. The fourth-order valence-corrected chi connectivity index (χ4v) is 6.67. The van der Waals surface area contributed by atoms with Crippen molar-refractivity contribution in [2.24, 2.45) is 0 Å². The highest BCUT2D eigenvalue weighted by Crippen LogP contribution is 2.49. The van der Waals surface area contributed by atoms with E-state index < -0.39 is 0 Å². The highest BCUT2D eigenvalue weighted by molar-refractivity contribution is 9.13. The second kappa shape index (κ2) is 14.2. The third kappa shape index (κ3) is 7.01. The van der Waals surface area contributed by atoms with Gasteiger partial charge in [0.25, 0.3) is 0 Å². The van der Waals surface area contributed by atoms with E-state index in [0.717, 1.165) is 26.7 Å². The first kappa shape index (κ1) is 28.1. The minimum Gasteiger partial charge on any atom is -0.0912 e. The zero-order valence-electron chi connectivity index (χ0n) is 13.3. The summed E-state index contributed by atoms with van der Waals surface area (Å²) < 4.78 is 0. The maximum atomic E-state index is 3.92. The number of hydrogen-bond donors (Lipinski definition) is 0. The average Bonchev–Trinajstić information content (AvgIpc) is 2.68. The topological polar surface area (TPSA) is 0 Å². The molecule has 0 fully saturated rings. The Morgan fingerprint density at radius 1 is 0.462 bits per heavy atom. The molecule has 5 atom stereocenters. The third-order valence-corrected chi connectivity index (χ3v) is 15.4. The van der Waals surface area contributed by atoms with Crippen LogP contribution < -0.4 is 0 Å². The quantitative estimate of drug-likeness (QED) is 0.205. The van der Waals surface area contributed by atoms with Crippen LogP contribution in [0.15, 0.2) is 6.07 Å². The van der Waals surface area contributed by atoms with Gasteiger partial charge in [-0.3, -0.25) is 0 Å². The summed E-state index contributed by atoms with van der Waals surface area (Å²) in [5.41, 5.74) is 6.63. The van der Waals surface area contributed by atoms with E-state index in [1.165, 1.54) is 27.8 Å². The number of alkyl halides is 10. The van der Waals surface area contributed by atoms with Crippen molar-refractivity contribution >= 4 is 159 Å². The standard InChI is InChI=1S/C16H16Br10/c17-2-9(22)7-1-8(10(23)3-18)15(12(25)5-20)16(13(26)6-21)14(7)11(24)4-19/h1,9-13H,2-6H2. The molecule has 0 nitrogen and oxygen atoms in total. The van der Waals surface area contributed by atoms with Crippen molar-refractivity contribution in [3.8, 4) is 0 Å². The Morgan fingerprint density at radius 3 is 1.00 bits per heavy atom. The van der Waals surface area contributed by atoms with Crippen LogP contribution in [-0.2, 0) is 0 Å². The van der Waals surface area contributed by atoms with E-state index in [1.54, 1.807) is 0 Å². The number of benzene rings is 1. The van der Waals surface area contributed by atoms with Gasteiger partial charge >= 0.3 is 0 Å². The van der Waals surface area contributed by atoms with E-state index in [-0.39, 0.29) is 24.1 Å². The fraction of sp³-hybridized carbons (Fsp3) is 0.625. The molecule has 0 amide bonds. The molecule has 0 radical (unpaired) electrons. The van der Waals surface area contributed by atoms with Gasteiger partial charge in [-0.2, -0.15) is 0 Å². The van der Waals surface area contributed by atoms with Crippen molar-refractivity contribution in [3.63, 3.8) is 0 Å². The molecule has 150 valence electrons. The molecule has 0 saturated heterocycles. The summed E-state index contributed by atoms with van der Waals surface area (Å²) in [4.78, 5) is 1.09. The van der Waals surface area contributed by atoms with Crippen molar-refractivity contribution in [1.82, 2.24) is 0 Å². The predicted molar refractivity (Wildman–Crippen MR) is 154 cm³/mol. The molecule has 0 aliphatic rings. The summed E-state index contributed by atoms with van der Waals surface area (Å²) in [7, 11) is 0. The lowest BCUT2D eigenvalue weighted by atomic mass is 9.85. The van der Waals surface area contributed by atoms with Crippen molar-refractivity contribution in [1.29, 1.82) is 0 Å². The van der Waals surface area contributed by atoms with E-state index in [9.17, 15) is 0 Å². The Morgan fingerprint density at radius 2 is 0.731 bits per heavy atom. The second-order valence-corrected chi connectivity index (χ2v) is 14.2. The van der Waals surface area contributed by atoms with Crippen molar-refractivity contribution < 1.29 is 0 Å². The highest BCUT2D eigenvalue weighted by Gasteiger charge is 2.31. The van der Waals surface area contributed by atoms with Crippen LogP contribution in [0, 0.1) is 0 Å². The van der Waals surface area contributed by atoms with E-state index in [2.05, 4.69) is 165 Å². The fourth-order valence-electron chi connectivity index (χ4n) is 2.73. The third-order valence-electron chi connectivity index (χ3n) is 3.81. The molecule has 0 bridgehead atoms. The second-order valence-electron chi connectivity index (χ2n) is 5.41. The van der Waals surface area contributed by atoms with Gasteiger partial charge in [0.05, 0.1) is 0 Å². The maximum absolute atomic E-state index is 3.92. The van der Waals surface area contributed by atoms with Gasteiger partial charge in [-0.15, -0.1) is 0 Å². The average molecular weight is 1010 g/mol. The molecule has 1 aromatic carbocycles. The molecule has 0 aliphatic heterocycles. The summed E-state index contributed by atoms with van der Waals surface area (Å²) in [6.45, 7) is 0. The van der Waals surface area contributed by atoms with Gasteiger partial charge in [-0.1, -0.05) is 165 Å². The zero-order valence-corrected chi connectivity index (χ0v) is 29.1. The summed E-state index contributed by atoms with van der Waals surface area (Å²) >= 11 is 37.7. The van der Waals surface area contributed by atoms with Crippen molar-refractivity contribution in [2.45, 2.75) is 24.1 Å². The normalized spacial score (nSPS) is 17.6. The number of halogens is 10. The SMILES string of the molecule is BrCC(Br)c1cc(C(Br)CBr)c(C(Br)CBr)c(C(Br)CBr)c1C(Br)CBr. The van der Waals surface area contributed by atoms with E-state index >= 15 is 0 Å². The van der Waals surface area contributed by atoms with Gasteiger partial charge in [0.2, 0.25) is 0 Å². The van der Waals surface area contributed by atoms with E-state index in [0.29, 0.717) is 0 Å². The first-order valence-corrected chi connectivity index (χ1v) is 17.7. The summed E-state index contributed by atoms with van der Waals surface area (Å²) in [6, 6.07) is 2.34. The molecule has 1 aromatic rings. The van der Waals surface area contributed by atoms with Crippen LogP contribution in [0.2, 0.25) is 0 Å². The van der Waals surface area contributed by atoms with E-state index in [1.807, 2.05) is 0 Å². The molecule has 1 rings (SSSR count). The minimum atomic E-state index is 0.203. The largest absolute Gasteiger partial charge is 0.0912 e. The first-order valence-electron chi connectivity index (χ1n) is 7.49. The van der Waals surface area contributed by atoms with Crippen LogP contribution in [0.5, 0.6) is 0 Å². The molecule has 0 aliphatic carbocycles. The monoisotopic (exact) mass is 997 g/mol. The summed E-state index contributed by atoms with van der Waals surface area (Å²) in [5.74, 6) is 0. The Hall–Kier alpha value is 4.02. The number of rotatable bonds is 10. The number of hydrogen-bond acceptors (Lipinski definition) is 0. The lowest BCUT2D eigenvalue weighted by Crippen LogP contribution is -2.16. The highest BCUT2D eigenvalue weighted by atomic mass is 79.9. The molecule has 0 saturated carbocycles. The molecule has 10 heteroatoms. The molecule has 0 N–H and O–H groups in total. The van der Waals surface area contributed by atoms with Gasteiger partial charge in [0.1, 0.15) is 0 Å². The van der Waals surface area contributed by atoms with Crippen LogP contribution >= 0.6 is 159 Å². The Bertz CT molecular complexity index is 536. The van der Waals surface area contributed by atoms with Gasteiger partial charge < -0.3 is 0 Å². The molecule has 0 heterocycles. The maximum Gasteiger partial charge on any atom is 0.0498 e.